The molecule has 2 rings (SSSR count). The third-order valence-electron chi connectivity index (χ3n) is 4.28. The lowest BCUT2D eigenvalue weighted by atomic mass is 10.0. The second-order valence-corrected chi connectivity index (χ2v) is 8.40. The Balaban J connectivity index is 2.49. The number of hydrogen-bond donors (Lipinski definition) is 0. The van der Waals surface area contributed by atoms with Crippen LogP contribution in [0.25, 0.3) is 0 Å². The van der Waals surface area contributed by atoms with E-state index >= 15 is 0 Å². The fourth-order valence-electron chi connectivity index (χ4n) is 3.07. The second kappa shape index (κ2) is 9.53. The number of carbonyl (C=O) groups excluding carboxylic acids is 1. The van der Waals surface area contributed by atoms with E-state index in [1.807, 2.05) is 6.07 Å². The van der Waals surface area contributed by atoms with Gasteiger partial charge in [-0.05, 0) is 30.5 Å². The summed E-state index contributed by atoms with van der Waals surface area (Å²) in [5, 5.41) is -0.924. The van der Waals surface area contributed by atoms with Gasteiger partial charge in [0, 0.05) is 6.92 Å². The van der Waals surface area contributed by atoms with Crippen molar-refractivity contribution < 1.29 is 17.9 Å². The van der Waals surface area contributed by atoms with Gasteiger partial charge in [0.05, 0.1) is 4.90 Å². The lowest BCUT2D eigenvalue weighted by molar-refractivity contribution is -0.146. The summed E-state index contributed by atoms with van der Waals surface area (Å²) in [6.07, 6.45) is 2.58. The molecule has 0 fully saturated rings. The van der Waals surface area contributed by atoms with E-state index in [1.54, 1.807) is 54.6 Å². The van der Waals surface area contributed by atoms with Crippen molar-refractivity contribution in [3.05, 3.63) is 66.2 Å². The lowest BCUT2D eigenvalue weighted by Gasteiger charge is -2.27. The first-order chi connectivity index (χ1) is 12.5. The van der Waals surface area contributed by atoms with Crippen LogP contribution in [-0.4, -0.2) is 20.5 Å². The number of rotatable bonds is 9. The Morgan fingerprint density at radius 1 is 0.962 bits per heavy atom. The molecule has 0 aromatic heterocycles. The average molecular weight is 375 g/mol. The van der Waals surface area contributed by atoms with Gasteiger partial charge in [0.2, 0.25) is 0 Å². The van der Waals surface area contributed by atoms with Gasteiger partial charge in [-0.2, -0.15) is 0 Å². The number of hydrogen-bond acceptors (Lipinski definition) is 4. The van der Waals surface area contributed by atoms with E-state index < -0.39 is 27.2 Å². The SMILES string of the molecule is CCCCCC(OC(C)=O)C(c1ccccc1)S(=O)(=O)c1ccccc1. The van der Waals surface area contributed by atoms with Crippen molar-refractivity contribution in [3.8, 4) is 0 Å². The van der Waals surface area contributed by atoms with Gasteiger partial charge in [0.1, 0.15) is 11.4 Å². The maximum atomic E-state index is 13.4. The van der Waals surface area contributed by atoms with Gasteiger partial charge >= 0.3 is 5.97 Å². The Morgan fingerprint density at radius 2 is 1.54 bits per heavy atom. The molecule has 0 saturated carbocycles. The Hall–Kier alpha value is -2.14. The van der Waals surface area contributed by atoms with E-state index in [-0.39, 0.29) is 4.90 Å². The Kier molecular flexibility index (Phi) is 7.39. The highest BCUT2D eigenvalue weighted by molar-refractivity contribution is 7.91. The normalized spacial score (nSPS) is 13.8. The quantitative estimate of drug-likeness (QED) is 0.471. The molecule has 140 valence electrons. The first kappa shape index (κ1) is 20.2. The maximum absolute atomic E-state index is 13.4. The first-order valence-corrected chi connectivity index (χ1v) is 10.5. The largest absolute Gasteiger partial charge is 0.461 e. The van der Waals surface area contributed by atoms with Crippen LogP contribution < -0.4 is 0 Å². The van der Waals surface area contributed by atoms with Crippen LogP contribution in [0.1, 0.15) is 50.3 Å². The third-order valence-corrected chi connectivity index (χ3v) is 6.45. The van der Waals surface area contributed by atoms with Crippen molar-refractivity contribution in [3.63, 3.8) is 0 Å². The summed E-state index contributed by atoms with van der Waals surface area (Å²) in [4.78, 5) is 11.9. The van der Waals surface area contributed by atoms with Crippen LogP contribution in [0.5, 0.6) is 0 Å². The standard InChI is InChI=1S/C21H26O4S/c1-3-4-7-16-20(25-17(2)22)21(18-12-8-5-9-13-18)26(23,24)19-14-10-6-11-15-19/h5-6,8-15,20-21H,3-4,7,16H2,1-2H3. The molecule has 2 aromatic rings. The van der Waals surface area contributed by atoms with Crippen molar-refractivity contribution in [2.24, 2.45) is 0 Å². The molecule has 2 unspecified atom stereocenters. The van der Waals surface area contributed by atoms with Crippen LogP contribution >= 0.6 is 0 Å². The molecular weight excluding hydrogens is 348 g/mol. The summed E-state index contributed by atoms with van der Waals surface area (Å²) < 4.78 is 32.3. The van der Waals surface area contributed by atoms with Gasteiger partial charge < -0.3 is 4.74 Å². The molecule has 0 heterocycles. The summed E-state index contributed by atoms with van der Waals surface area (Å²) in [7, 11) is -3.71. The van der Waals surface area contributed by atoms with Gasteiger partial charge in [0.25, 0.3) is 0 Å². The van der Waals surface area contributed by atoms with E-state index in [9.17, 15) is 13.2 Å². The molecule has 0 aliphatic rings. The molecule has 0 bridgehead atoms. The molecule has 0 aliphatic heterocycles. The van der Waals surface area contributed by atoms with Crippen LogP contribution in [0.4, 0.5) is 0 Å². The average Bonchev–Trinajstić information content (AvgIpc) is 2.63. The maximum Gasteiger partial charge on any atom is 0.302 e. The number of carbonyl (C=O) groups is 1. The van der Waals surface area contributed by atoms with Crippen LogP contribution in [-0.2, 0) is 19.4 Å². The lowest BCUT2D eigenvalue weighted by Crippen LogP contribution is -2.30. The zero-order valence-electron chi connectivity index (χ0n) is 15.3. The molecule has 0 N–H and O–H groups in total. The van der Waals surface area contributed by atoms with E-state index in [4.69, 9.17) is 4.74 Å². The Labute approximate surface area is 156 Å². The molecule has 0 amide bonds. The Morgan fingerprint density at radius 3 is 2.08 bits per heavy atom. The zero-order valence-corrected chi connectivity index (χ0v) is 16.1. The topological polar surface area (TPSA) is 60.4 Å². The highest BCUT2D eigenvalue weighted by Crippen LogP contribution is 2.35. The molecule has 2 atom stereocenters. The van der Waals surface area contributed by atoms with Crippen LogP contribution in [0, 0.1) is 0 Å². The van der Waals surface area contributed by atoms with Crippen LogP contribution in [0.2, 0.25) is 0 Å². The smallest absolute Gasteiger partial charge is 0.302 e. The number of ether oxygens (including phenoxy) is 1. The van der Waals surface area contributed by atoms with Gasteiger partial charge in [0.15, 0.2) is 9.84 Å². The van der Waals surface area contributed by atoms with Crippen LogP contribution in [0.3, 0.4) is 0 Å². The zero-order chi connectivity index (χ0) is 19.0. The van der Waals surface area contributed by atoms with Gasteiger partial charge in [-0.1, -0.05) is 68.3 Å². The summed E-state index contributed by atoms with van der Waals surface area (Å²) in [6, 6.07) is 17.4. The molecule has 2 aromatic carbocycles. The minimum absolute atomic E-state index is 0.237. The number of unbranched alkanes of at least 4 members (excludes halogenated alkanes) is 2. The van der Waals surface area contributed by atoms with Gasteiger partial charge in [-0.25, -0.2) is 8.42 Å². The predicted octanol–water partition coefficient (Wildman–Crippen LogP) is 4.71. The van der Waals surface area contributed by atoms with Crippen molar-refractivity contribution in [2.75, 3.05) is 0 Å². The highest BCUT2D eigenvalue weighted by Gasteiger charge is 2.37. The van der Waals surface area contributed by atoms with Gasteiger partial charge in [-0.3, -0.25) is 4.79 Å². The third kappa shape index (κ3) is 5.18. The Bertz CT molecular complexity index is 785. The van der Waals surface area contributed by atoms with Crippen molar-refractivity contribution in [1.82, 2.24) is 0 Å². The molecule has 0 spiro atoms. The van der Waals surface area contributed by atoms with Gasteiger partial charge in [-0.15, -0.1) is 0 Å². The van der Waals surface area contributed by atoms with E-state index in [1.165, 1.54) is 6.92 Å². The van der Waals surface area contributed by atoms with Crippen LogP contribution in [0.15, 0.2) is 65.6 Å². The fraction of sp³-hybridized carbons (Fsp3) is 0.381. The molecular formula is C21H26O4S. The van der Waals surface area contributed by atoms with E-state index in [0.717, 1.165) is 19.3 Å². The minimum Gasteiger partial charge on any atom is -0.461 e. The molecule has 0 saturated heterocycles. The van der Waals surface area contributed by atoms with Crippen molar-refractivity contribution in [2.45, 2.75) is 55.8 Å². The van der Waals surface area contributed by atoms with E-state index in [2.05, 4.69) is 6.92 Å². The minimum atomic E-state index is -3.71. The van der Waals surface area contributed by atoms with Crippen molar-refractivity contribution in [1.29, 1.82) is 0 Å². The predicted molar refractivity (Wildman–Crippen MR) is 103 cm³/mol. The van der Waals surface area contributed by atoms with Crippen molar-refractivity contribution >= 4 is 15.8 Å². The second-order valence-electron chi connectivity index (χ2n) is 6.33. The number of sulfone groups is 1. The molecule has 5 heteroatoms. The first-order valence-electron chi connectivity index (χ1n) is 8.98. The molecule has 0 radical (unpaired) electrons. The molecule has 26 heavy (non-hydrogen) atoms. The highest BCUT2D eigenvalue weighted by atomic mass is 32.2. The summed E-state index contributed by atoms with van der Waals surface area (Å²) in [5.41, 5.74) is 0.638. The number of benzene rings is 2. The summed E-state index contributed by atoms with van der Waals surface area (Å²) >= 11 is 0. The monoisotopic (exact) mass is 374 g/mol. The molecule has 0 aliphatic carbocycles. The summed E-state index contributed by atoms with van der Waals surface area (Å²) in [6.45, 7) is 3.40. The number of esters is 1. The van der Waals surface area contributed by atoms with E-state index in [0.29, 0.717) is 12.0 Å². The molecule has 4 nitrogen and oxygen atoms in total. The fourth-order valence-corrected chi connectivity index (χ4v) is 5.01. The summed E-state index contributed by atoms with van der Waals surface area (Å²) in [5.74, 6) is -0.462.